The van der Waals surface area contributed by atoms with Crippen molar-refractivity contribution >= 4 is 34.7 Å². The number of halogens is 4. The minimum atomic E-state index is -4.66. The Kier molecular flexibility index (Phi) is 4.78. The van der Waals surface area contributed by atoms with Crippen LogP contribution in [0.4, 0.5) is 24.5 Å². The summed E-state index contributed by atoms with van der Waals surface area (Å²) in [6, 6.07) is 11.4. The highest BCUT2D eigenvalue weighted by atomic mass is 35.5. The number of fused-ring (bicyclic) bond motifs is 3. The summed E-state index contributed by atoms with van der Waals surface area (Å²) in [5.41, 5.74) is 4.47. The van der Waals surface area contributed by atoms with Gasteiger partial charge in [0, 0.05) is 28.9 Å². The topological polar surface area (TPSA) is 99.2 Å². The molecular formula is C24H16ClF3N4O2. The molecule has 0 fully saturated rings. The number of Topliss-reactive ketones (excluding diaryl/α,β-unsaturated/α-hetero) is 1. The van der Waals surface area contributed by atoms with Gasteiger partial charge in [0.15, 0.2) is 5.78 Å². The van der Waals surface area contributed by atoms with E-state index in [9.17, 15) is 28.0 Å². The molecule has 2 aliphatic heterocycles. The van der Waals surface area contributed by atoms with Crippen LogP contribution < -0.4 is 16.0 Å². The number of amides is 1. The van der Waals surface area contributed by atoms with Crippen LogP contribution in [0.3, 0.4) is 0 Å². The molecule has 0 saturated heterocycles. The summed E-state index contributed by atoms with van der Waals surface area (Å²) in [4.78, 5) is 28.1. The third-order valence-electron chi connectivity index (χ3n) is 6.45. The smallest absolute Gasteiger partial charge is 0.384 e. The first-order valence-electron chi connectivity index (χ1n) is 10.4. The Morgan fingerprint density at radius 1 is 1.15 bits per heavy atom. The lowest BCUT2D eigenvalue weighted by Crippen LogP contribution is -2.50. The normalized spacial score (nSPS) is 22.0. The molecule has 1 spiro atoms. The number of nitrogens with one attached hydrogen (secondary N) is 1. The molecule has 1 aliphatic carbocycles. The van der Waals surface area contributed by atoms with Crippen LogP contribution in [0.5, 0.6) is 0 Å². The molecule has 1 unspecified atom stereocenters. The molecule has 2 aromatic carbocycles. The van der Waals surface area contributed by atoms with Gasteiger partial charge in [0.05, 0.1) is 21.8 Å². The fourth-order valence-electron chi connectivity index (χ4n) is 5.08. The molecular weight excluding hydrogens is 469 g/mol. The molecule has 3 N–H and O–H groups in total. The Morgan fingerprint density at radius 3 is 2.59 bits per heavy atom. The molecule has 0 saturated carbocycles. The zero-order valence-corrected chi connectivity index (χ0v) is 18.2. The van der Waals surface area contributed by atoms with Crippen molar-refractivity contribution in [3.63, 3.8) is 0 Å². The molecule has 34 heavy (non-hydrogen) atoms. The fraction of sp³-hybridized carbons (Fsp3) is 0.208. The van der Waals surface area contributed by atoms with Crippen molar-refractivity contribution in [1.29, 1.82) is 5.26 Å². The summed E-state index contributed by atoms with van der Waals surface area (Å²) in [5, 5.41) is 12.9. The van der Waals surface area contributed by atoms with Crippen molar-refractivity contribution in [1.82, 2.24) is 0 Å². The van der Waals surface area contributed by atoms with Crippen LogP contribution in [0.15, 0.2) is 65.1 Å². The van der Waals surface area contributed by atoms with E-state index >= 15 is 0 Å². The molecule has 0 aromatic heterocycles. The van der Waals surface area contributed by atoms with E-state index in [-0.39, 0.29) is 52.0 Å². The first-order chi connectivity index (χ1) is 16.1. The molecule has 3 aliphatic rings. The summed E-state index contributed by atoms with van der Waals surface area (Å²) in [5.74, 6) is -1.23. The van der Waals surface area contributed by atoms with Gasteiger partial charge in [-0.3, -0.25) is 14.5 Å². The number of nitrogens with two attached hydrogens (primary N) is 1. The zero-order chi connectivity index (χ0) is 24.4. The second kappa shape index (κ2) is 7.37. The Labute approximate surface area is 197 Å². The number of hydrogen-bond acceptors (Lipinski definition) is 5. The molecule has 0 bridgehead atoms. The SMILES string of the molecule is N#CC1=C(N)N(c2cc(C(F)(F)F)ccc2Cl)C2=C(C(=O)CCC2)C12C(=O)Nc1ccccc12. The Morgan fingerprint density at radius 2 is 1.88 bits per heavy atom. The van der Waals surface area contributed by atoms with Gasteiger partial charge in [0.2, 0.25) is 5.91 Å². The number of alkyl halides is 3. The third kappa shape index (κ3) is 2.82. The van der Waals surface area contributed by atoms with E-state index in [4.69, 9.17) is 17.3 Å². The van der Waals surface area contributed by atoms with Gasteiger partial charge in [0.1, 0.15) is 17.3 Å². The van der Waals surface area contributed by atoms with Crippen LogP contribution in [0.2, 0.25) is 5.02 Å². The minimum Gasteiger partial charge on any atom is -0.384 e. The molecule has 0 radical (unpaired) electrons. The number of nitriles is 1. The number of hydrogen-bond donors (Lipinski definition) is 2. The van der Waals surface area contributed by atoms with Gasteiger partial charge in [-0.05, 0) is 37.1 Å². The van der Waals surface area contributed by atoms with Gasteiger partial charge in [-0.15, -0.1) is 0 Å². The number of para-hydroxylation sites is 1. The van der Waals surface area contributed by atoms with Crippen molar-refractivity contribution in [2.24, 2.45) is 5.73 Å². The number of carbonyl (C=O) groups excluding carboxylic acids is 2. The average molecular weight is 485 g/mol. The molecule has 1 amide bonds. The first kappa shape index (κ1) is 22.0. The molecule has 1 atom stereocenters. The van der Waals surface area contributed by atoms with E-state index in [1.165, 1.54) is 4.90 Å². The Bertz CT molecular complexity index is 1390. The van der Waals surface area contributed by atoms with Crippen LogP contribution in [-0.2, 0) is 21.2 Å². The van der Waals surface area contributed by atoms with Crippen molar-refractivity contribution in [3.05, 3.63) is 81.3 Å². The highest BCUT2D eigenvalue weighted by Crippen LogP contribution is 2.55. The maximum Gasteiger partial charge on any atom is 0.416 e. The average Bonchev–Trinajstić information content (AvgIpc) is 3.07. The van der Waals surface area contributed by atoms with Crippen molar-refractivity contribution in [3.8, 4) is 6.07 Å². The number of benzene rings is 2. The first-order valence-corrected chi connectivity index (χ1v) is 10.7. The van der Waals surface area contributed by atoms with Gasteiger partial charge in [-0.2, -0.15) is 18.4 Å². The number of ketones is 1. The predicted octanol–water partition coefficient (Wildman–Crippen LogP) is 4.77. The van der Waals surface area contributed by atoms with Gasteiger partial charge >= 0.3 is 6.18 Å². The summed E-state index contributed by atoms with van der Waals surface area (Å²) < 4.78 is 40.4. The van der Waals surface area contributed by atoms with Gasteiger partial charge in [0.25, 0.3) is 0 Å². The quantitative estimate of drug-likeness (QED) is 0.607. The minimum absolute atomic E-state index is 0.0421. The van der Waals surface area contributed by atoms with Crippen LogP contribution in [0.1, 0.15) is 30.4 Å². The Hall–Kier alpha value is -3.77. The maximum atomic E-state index is 13.5. The van der Waals surface area contributed by atoms with E-state index in [2.05, 4.69) is 5.32 Å². The van der Waals surface area contributed by atoms with Crippen LogP contribution in [0, 0.1) is 11.3 Å². The van der Waals surface area contributed by atoms with Gasteiger partial charge < -0.3 is 11.1 Å². The summed E-state index contributed by atoms with van der Waals surface area (Å²) in [7, 11) is 0. The van der Waals surface area contributed by atoms with Crippen LogP contribution in [0.25, 0.3) is 0 Å². The third-order valence-corrected chi connectivity index (χ3v) is 6.77. The predicted molar refractivity (Wildman–Crippen MR) is 118 cm³/mol. The van der Waals surface area contributed by atoms with E-state index in [0.29, 0.717) is 17.7 Å². The van der Waals surface area contributed by atoms with Crippen molar-refractivity contribution < 1.29 is 22.8 Å². The summed E-state index contributed by atoms with van der Waals surface area (Å²) >= 11 is 6.31. The Balaban J connectivity index is 1.87. The van der Waals surface area contributed by atoms with Crippen molar-refractivity contribution in [2.45, 2.75) is 30.9 Å². The molecule has 2 heterocycles. The summed E-state index contributed by atoms with van der Waals surface area (Å²) in [6.45, 7) is 0. The molecule has 2 aromatic rings. The zero-order valence-electron chi connectivity index (χ0n) is 17.5. The number of anilines is 2. The van der Waals surface area contributed by atoms with Gasteiger partial charge in [-0.25, -0.2) is 0 Å². The lowest BCUT2D eigenvalue weighted by Gasteiger charge is -2.43. The van der Waals surface area contributed by atoms with E-state index in [0.717, 1.165) is 18.2 Å². The lowest BCUT2D eigenvalue weighted by molar-refractivity contribution is -0.137. The number of nitrogens with zero attached hydrogens (tertiary/aromatic N) is 2. The second-order valence-electron chi connectivity index (χ2n) is 8.22. The highest BCUT2D eigenvalue weighted by Gasteiger charge is 2.60. The second-order valence-corrected chi connectivity index (χ2v) is 8.63. The van der Waals surface area contributed by atoms with Crippen LogP contribution in [-0.4, -0.2) is 11.7 Å². The van der Waals surface area contributed by atoms with E-state index in [1.54, 1.807) is 24.3 Å². The molecule has 6 nitrogen and oxygen atoms in total. The lowest BCUT2D eigenvalue weighted by atomic mass is 9.64. The van der Waals surface area contributed by atoms with Crippen molar-refractivity contribution in [2.75, 3.05) is 10.2 Å². The maximum absolute atomic E-state index is 13.5. The van der Waals surface area contributed by atoms with Crippen LogP contribution >= 0.6 is 11.6 Å². The highest BCUT2D eigenvalue weighted by molar-refractivity contribution is 6.33. The number of allylic oxidation sites excluding steroid dienone is 1. The largest absolute Gasteiger partial charge is 0.416 e. The molecule has 5 rings (SSSR count). The number of carbonyl (C=O) groups is 2. The van der Waals surface area contributed by atoms with E-state index in [1.807, 2.05) is 6.07 Å². The monoisotopic (exact) mass is 484 g/mol. The van der Waals surface area contributed by atoms with E-state index < -0.39 is 23.1 Å². The summed E-state index contributed by atoms with van der Waals surface area (Å²) in [6.07, 6.45) is -3.88. The number of rotatable bonds is 1. The molecule has 10 heteroatoms. The van der Waals surface area contributed by atoms with Gasteiger partial charge in [-0.1, -0.05) is 29.8 Å². The molecule has 172 valence electrons. The standard InChI is InChI=1S/C24H16ClF3N4O2/c25-15-9-8-12(24(26,27)28)10-18(15)32-17-6-3-7-19(33)20(17)23(14(11-29)21(32)30)13-4-1-2-5-16(13)31-22(23)34/h1-2,4-5,8-10H,3,6-7,30H2,(H,31,34). The fourth-order valence-corrected chi connectivity index (χ4v) is 5.28.